The van der Waals surface area contributed by atoms with Crippen molar-refractivity contribution in [2.45, 2.75) is 26.4 Å². The van der Waals surface area contributed by atoms with Crippen LogP contribution in [-0.4, -0.2) is 18.8 Å². The molecule has 1 aromatic rings. The highest BCUT2D eigenvalue weighted by atomic mass is 79.9. The van der Waals surface area contributed by atoms with Crippen LogP contribution in [0.25, 0.3) is 0 Å². The second-order valence-electron chi connectivity index (χ2n) is 4.26. The Hall–Kier alpha value is -0.540. The van der Waals surface area contributed by atoms with Crippen LogP contribution in [0.15, 0.2) is 28.7 Å². The summed E-state index contributed by atoms with van der Waals surface area (Å²) in [6.07, 6.45) is 0. The van der Waals surface area contributed by atoms with Gasteiger partial charge in [0.05, 0.1) is 12.2 Å². The molecule has 0 atom stereocenters. The second-order valence-corrected chi connectivity index (χ2v) is 5.18. The maximum Gasteiger partial charge on any atom is 0.119 e. The quantitative estimate of drug-likeness (QED) is 0.780. The monoisotopic (exact) mass is 272 g/mol. The molecule has 0 unspecified atom stereocenters. The Labute approximate surface area is 99.7 Å². The molecule has 0 aliphatic carbocycles. The zero-order valence-electron chi connectivity index (χ0n) is 9.42. The van der Waals surface area contributed by atoms with Crippen molar-refractivity contribution in [3.05, 3.63) is 28.7 Å². The lowest BCUT2D eigenvalue weighted by Gasteiger charge is -2.19. The fourth-order valence-corrected chi connectivity index (χ4v) is 1.30. The zero-order valence-corrected chi connectivity index (χ0v) is 11.0. The fraction of sp³-hybridized carbons (Fsp3) is 0.500. The third-order valence-electron chi connectivity index (χ3n) is 1.70. The summed E-state index contributed by atoms with van der Waals surface area (Å²) in [6, 6.07) is 7.78. The highest BCUT2D eigenvalue weighted by Gasteiger charge is 2.09. The van der Waals surface area contributed by atoms with Gasteiger partial charge < -0.3 is 9.47 Å². The van der Waals surface area contributed by atoms with Gasteiger partial charge in [-0.05, 0) is 45.0 Å². The molecular weight excluding hydrogens is 256 g/mol. The van der Waals surface area contributed by atoms with E-state index in [4.69, 9.17) is 9.47 Å². The molecule has 0 aromatic heterocycles. The van der Waals surface area contributed by atoms with E-state index in [2.05, 4.69) is 15.9 Å². The number of halogens is 1. The van der Waals surface area contributed by atoms with E-state index in [0.717, 1.165) is 10.2 Å². The van der Waals surface area contributed by atoms with Gasteiger partial charge in [0.1, 0.15) is 12.4 Å². The smallest absolute Gasteiger partial charge is 0.119 e. The molecule has 0 aliphatic rings. The van der Waals surface area contributed by atoms with Crippen LogP contribution in [0.3, 0.4) is 0 Å². The van der Waals surface area contributed by atoms with Crippen LogP contribution >= 0.6 is 15.9 Å². The molecule has 0 heterocycles. The Balaban J connectivity index is 2.23. The summed E-state index contributed by atoms with van der Waals surface area (Å²) in [4.78, 5) is 0. The van der Waals surface area contributed by atoms with Crippen LogP contribution < -0.4 is 4.74 Å². The molecule has 0 amide bonds. The maximum atomic E-state index is 5.54. The van der Waals surface area contributed by atoms with Crippen molar-refractivity contribution >= 4 is 15.9 Å². The molecule has 0 N–H and O–H groups in total. The molecule has 3 heteroatoms. The first kappa shape index (κ1) is 12.5. The van der Waals surface area contributed by atoms with E-state index >= 15 is 0 Å². The molecule has 15 heavy (non-hydrogen) atoms. The lowest BCUT2D eigenvalue weighted by atomic mass is 10.2. The standard InChI is InChI=1S/C12H17BrO2/c1-12(2,3)15-9-8-14-11-6-4-10(13)5-7-11/h4-7H,8-9H2,1-3H3. The number of hydrogen-bond donors (Lipinski definition) is 0. The van der Waals surface area contributed by atoms with E-state index in [1.54, 1.807) is 0 Å². The van der Waals surface area contributed by atoms with Crippen molar-refractivity contribution in [1.29, 1.82) is 0 Å². The summed E-state index contributed by atoms with van der Waals surface area (Å²) >= 11 is 3.37. The van der Waals surface area contributed by atoms with Gasteiger partial charge in [0.25, 0.3) is 0 Å². The van der Waals surface area contributed by atoms with Gasteiger partial charge in [0.2, 0.25) is 0 Å². The summed E-state index contributed by atoms with van der Waals surface area (Å²) in [5.74, 6) is 0.871. The Morgan fingerprint density at radius 2 is 1.67 bits per heavy atom. The van der Waals surface area contributed by atoms with E-state index < -0.39 is 0 Å². The summed E-state index contributed by atoms with van der Waals surface area (Å²) in [7, 11) is 0. The van der Waals surface area contributed by atoms with Gasteiger partial charge in [0.15, 0.2) is 0 Å². The average Bonchev–Trinajstić information content (AvgIpc) is 2.14. The van der Waals surface area contributed by atoms with Gasteiger partial charge in [-0.15, -0.1) is 0 Å². The summed E-state index contributed by atoms with van der Waals surface area (Å²) < 4.78 is 12.1. The van der Waals surface area contributed by atoms with Crippen molar-refractivity contribution in [3.8, 4) is 5.75 Å². The normalized spacial score (nSPS) is 11.5. The minimum Gasteiger partial charge on any atom is -0.491 e. The first-order chi connectivity index (χ1) is 6.97. The summed E-state index contributed by atoms with van der Waals surface area (Å²) in [5, 5.41) is 0. The van der Waals surface area contributed by atoms with Crippen LogP contribution in [0.2, 0.25) is 0 Å². The number of rotatable bonds is 4. The first-order valence-corrected chi connectivity index (χ1v) is 5.79. The first-order valence-electron chi connectivity index (χ1n) is 5.00. The third-order valence-corrected chi connectivity index (χ3v) is 2.23. The Morgan fingerprint density at radius 1 is 1.07 bits per heavy atom. The van der Waals surface area contributed by atoms with Crippen molar-refractivity contribution < 1.29 is 9.47 Å². The third kappa shape index (κ3) is 5.80. The van der Waals surface area contributed by atoms with Gasteiger partial charge in [-0.3, -0.25) is 0 Å². The van der Waals surface area contributed by atoms with E-state index in [1.807, 2.05) is 45.0 Å². The fourth-order valence-electron chi connectivity index (χ4n) is 1.04. The van der Waals surface area contributed by atoms with Crippen LogP contribution in [0.4, 0.5) is 0 Å². The molecule has 1 rings (SSSR count). The number of benzene rings is 1. The second kappa shape index (κ2) is 5.52. The van der Waals surface area contributed by atoms with E-state index in [-0.39, 0.29) is 5.60 Å². The van der Waals surface area contributed by atoms with E-state index in [0.29, 0.717) is 13.2 Å². The molecule has 1 aromatic carbocycles. The zero-order chi connectivity index (χ0) is 11.3. The Kier molecular flexibility index (Phi) is 4.61. The highest BCUT2D eigenvalue weighted by molar-refractivity contribution is 9.10. The molecular formula is C12H17BrO2. The molecule has 2 nitrogen and oxygen atoms in total. The van der Waals surface area contributed by atoms with Crippen molar-refractivity contribution in [1.82, 2.24) is 0 Å². The lowest BCUT2D eigenvalue weighted by Crippen LogP contribution is -2.22. The SMILES string of the molecule is CC(C)(C)OCCOc1ccc(Br)cc1. The van der Waals surface area contributed by atoms with Crippen LogP contribution in [0.5, 0.6) is 5.75 Å². The molecule has 0 bridgehead atoms. The molecule has 0 fully saturated rings. The number of ether oxygens (including phenoxy) is 2. The molecule has 84 valence electrons. The van der Waals surface area contributed by atoms with Crippen LogP contribution in [0.1, 0.15) is 20.8 Å². The molecule has 0 aliphatic heterocycles. The predicted octanol–water partition coefficient (Wildman–Crippen LogP) is 3.64. The maximum absolute atomic E-state index is 5.54. The van der Waals surface area contributed by atoms with Crippen LogP contribution in [0, 0.1) is 0 Å². The Bertz CT molecular complexity index is 287. The Morgan fingerprint density at radius 3 is 2.20 bits per heavy atom. The van der Waals surface area contributed by atoms with Gasteiger partial charge in [-0.2, -0.15) is 0 Å². The highest BCUT2D eigenvalue weighted by Crippen LogP contribution is 2.16. The largest absolute Gasteiger partial charge is 0.491 e. The number of hydrogen-bond acceptors (Lipinski definition) is 2. The molecule has 0 radical (unpaired) electrons. The molecule has 0 saturated heterocycles. The topological polar surface area (TPSA) is 18.5 Å². The molecule has 0 saturated carbocycles. The van der Waals surface area contributed by atoms with Gasteiger partial charge >= 0.3 is 0 Å². The summed E-state index contributed by atoms with van der Waals surface area (Å²) in [6.45, 7) is 7.30. The van der Waals surface area contributed by atoms with Crippen molar-refractivity contribution in [2.75, 3.05) is 13.2 Å². The minimum absolute atomic E-state index is 0.0942. The van der Waals surface area contributed by atoms with Crippen molar-refractivity contribution in [3.63, 3.8) is 0 Å². The predicted molar refractivity (Wildman–Crippen MR) is 65.3 cm³/mol. The van der Waals surface area contributed by atoms with Crippen molar-refractivity contribution in [2.24, 2.45) is 0 Å². The molecule has 0 spiro atoms. The van der Waals surface area contributed by atoms with Gasteiger partial charge in [0, 0.05) is 4.47 Å². The van der Waals surface area contributed by atoms with E-state index in [1.165, 1.54) is 0 Å². The minimum atomic E-state index is -0.0942. The summed E-state index contributed by atoms with van der Waals surface area (Å²) in [5.41, 5.74) is -0.0942. The lowest BCUT2D eigenvalue weighted by molar-refractivity contribution is -0.0163. The van der Waals surface area contributed by atoms with Gasteiger partial charge in [-0.1, -0.05) is 15.9 Å². The van der Waals surface area contributed by atoms with Gasteiger partial charge in [-0.25, -0.2) is 0 Å². The van der Waals surface area contributed by atoms with E-state index in [9.17, 15) is 0 Å². The average molecular weight is 273 g/mol. The van der Waals surface area contributed by atoms with Crippen LogP contribution in [-0.2, 0) is 4.74 Å².